The molecule has 1 heterocycles. The molecule has 2 rings (SSSR count). The van der Waals surface area contributed by atoms with E-state index in [0.29, 0.717) is 18.1 Å². The standard InChI is InChI=1S/C16H23N3O3/c1-2-21-15-10-13(11-18-17)6-7-14(15)22-12-16(20)19-8-4-3-5-9-19/h6-7,10-11H,2-5,8-9,12,17H2,1H3/b18-11-. The van der Waals surface area contributed by atoms with Gasteiger partial charge in [-0.2, -0.15) is 5.10 Å². The molecule has 0 radical (unpaired) electrons. The van der Waals surface area contributed by atoms with Crippen molar-refractivity contribution in [1.29, 1.82) is 0 Å². The summed E-state index contributed by atoms with van der Waals surface area (Å²) < 4.78 is 11.2. The summed E-state index contributed by atoms with van der Waals surface area (Å²) >= 11 is 0. The van der Waals surface area contributed by atoms with Crippen LogP contribution < -0.4 is 15.3 Å². The summed E-state index contributed by atoms with van der Waals surface area (Å²) in [5, 5.41) is 3.49. The summed E-state index contributed by atoms with van der Waals surface area (Å²) in [5.74, 6) is 6.32. The molecule has 1 aliphatic rings. The number of benzene rings is 1. The highest BCUT2D eigenvalue weighted by molar-refractivity contribution is 5.81. The molecule has 1 saturated heterocycles. The van der Waals surface area contributed by atoms with Gasteiger partial charge >= 0.3 is 0 Å². The summed E-state index contributed by atoms with van der Waals surface area (Å²) in [6, 6.07) is 5.38. The smallest absolute Gasteiger partial charge is 0.260 e. The number of hydrogen-bond donors (Lipinski definition) is 1. The predicted molar refractivity (Wildman–Crippen MR) is 85.3 cm³/mol. The van der Waals surface area contributed by atoms with Gasteiger partial charge in [0.1, 0.15) is 0 Å². The van der Waals surface area contributed by atoms with Crippen molar-refractivity contribution in [3.8, 4) is 11.5 Å². The maximum Gasteiger partial charge on any atom is 0.260 e. The minimum atomic E-state index is 0.0229. The normalized spacial score (nSPS) is 15.0. The Hall–Kier alpha value is -2.24. The fraction of sp³-hybridized carbons (Fsp3) is 0.500. The van der Waals surface area contributed by atoms with Gasteiger partial charge in [0.05, 0.1) is 12.8 Å². The van der Waals surface area contributed by atoms with E-state index < -0.39 is 0 Å². The molecular weight excluding hydrogens is 282 g/mol. The number of likely N-dealkylation sites (tertiary alicyclic amines) is 1. The Morgan fingerprint density at radius 1 is 1.27 bits per heavy atom. The summed E-state index contributed by atoms with van der Waals surface area (Å²) in [4.78, 5) is 14.0. The number of carbonyl (C=O) groups excluding carboxylic acids is 1. The SMILES string of the molecule is CCOc1cc(/C=N\N)ccc1OCC(=O)N1CCCCC1. The first-order valence-corrected chi connectivity index (χ1v) is 7.65. The molecule has 0 spiro atoms. The molecule has 1 aromatic carbocycles. The van der Waals surface area contributed by atoms with Gasteiger partial charge in [0.15, 0.2) is 18.1 Å². The number of rotatable bonds is 6. The predicted octanol–water partition coefficient (Wildman–Crippen LogP) is 1.77. The second kappa shape index (κ2) is 8.26. The molecule has 0 bridgehead atoms. The number of nitrogens with zero attached hydrogens (tertiary/aromatic N) is 2. The van der Waals surface area contributed by atoms with Gasteiger partial charge in [-0.05, 0) is 49.9 Å². The fourth-order valence-corrected chi connectivity index (χ4v) is 2.45. The summed E-state index contributed by atoms with van der Waals surface area (Å²) in [6.07, 6.45) is 4.88. The van der Waals surface area contributed by atoms with Gasteiger partial charge in [-0.15, -0.1) is 0 Å². The Morgan fingerprint density at radius 3 is 2.73 bits per heavy atom. The van der Waals surface area contributed by atoms with Crippen molar-refractivity contribution in [3.63, 3.8) is 0 Å². The number of hydrogen-bond acceptors (Lipinski definition) is 5. The molecule has 1 amide bonds. The molecule has 120 valence electrons. The van der Waals surface area contributed by atoms with Gasteiger partial charge in [-0.25, -0.2) is 0 Å². The number of nitrogens with two attached hydrogens (primary N) is 1. The molecule has 0 atom stereocenters. The lowest BCUT2D eigenvalue weighted by Crippen LogP contribution is -2.38. The Morgan fingerprint density at radius 2 is 2.05 bits per heavy atom. The van der Waals surface area contributed by atoms with Crippen molar-refractivity contribution in [2.45, 2.75) is 26.2 Å². The van der Waals surface area contributed by atoms with E-state index >= 15 is 0 Å². The average Bonchev–Trinajstić information content (AvgIpc) is 2.55. The van der Waals surface area contributed by atoms with E-state index in [1.54, 1.807) is 12.1 Å². The van der Waals surface area contributed by atoms with E-state index in [4.69, 9.17) is 15.3 Å². The molecule has 0 aromatic heterocycles. The molecule has 0 aliphatic carbocycles. The number of hydrazone groups is 1. The number of amides is 1. The minimum Gasteiger partial charge on any atom is -0.490 e. The topological polar surface area (TPSA) is 77.1 Å². The van der Waals surface area contributed by atoms with Gasteiger partial charge in [-0.1, -0.05) is 0 Å². The van der Waals surface area contributed by atoms with Crippen LogP contribution in [0.5, 0.6) is 11.5 Å². The van der Waals surface area contributed by atoms with Gasteiger partial charge < -0.3 is 20.2 Å². The van der Waals surface area contributed by atoms with Crippen molar-refractivity contribution in [2.24, 2.45) is 10.9 Å². The van der Waals surface area contributed by atoms with Gasteiger partial charge in [0, 0.05) is 13.1 Å². The number of piperidine rings is 1. The van der Waals surface area contributed by atoms with Crippen molar-refractivity contribution < 1.29 is 14.3 Å². The Balaban J connectivity index is 2.00. The Bertz CT molecular complexity index is 525. The van der Waals surface area contributed by atoms with Crippen LogP contribution in [0, 0.1) is 0 Å². The van der Waals surface area contributed by atoms with Crippen LogP contribution in [-0.4, -0.2) is 43.3 Å². The zero-order valence-corrected chi connectivity index (χ0v) is 13.0. The van der Waals surface area contributed by atoms with Crippen LogP contribution in [0.2, 0.25) is 0 Å². The lowest BCUT2D eigenvalue weighted by Gasteiger charge is -2.26. The van der Waals surface area contributed by atoms with Gasteiger partial charge in [0.2, 0.25) is 0 Å². The van der Waals surface area contributed by atoms with Crippen LogP contribution in [0.25, 0.3) is 0 Å². The highest BCUT2D eigenvalue weighted by atomic mass is 16.5. The minimum absolute atomic E-state index is 0.0229. The van der Waals surface area contributed by atoms with Gasteiger partial charge in [0.25, 0.3) is 5.91 Å². The quantitative estimate of drug-likeness (QED) is 0.493. The van der Waals surface area contributed by atoms with Crippen molar-refractivity contribution in [3.05, 3.63) is 23.8 Å². The highest BCUT2D eigenvalue weighted by Gasteiger charge is 2.17. The first kappa shape index (κ1) is 16.1. The molecule has 2 N–H and O–H groups in total. The van der Waals surface area contributed by atoms with Crippen LogP contribution in [-0.2, 0) is 4.79 Å². The van der Waals surface area contributed by atoms with Crippen LogP contribution in [0.3, 0.4) is 0 Å². The van der Waals surface area contributed by atoms with Crippen LogP contribution in [0.4, 0.5) is 0 Å². The third-order valence-corrected chi connectivity index (χ3v) is 3.55. The first-order chi connectivity index (χ1) is 10.7. The van der Waals surface area contributed by atoms with Crippen molar-refractivity contribution in [2.75, 3.05) is 26.3 Å². The zero-order chi connectivity index (χ0) is 15.8. The second-order valence-corrected chi connectivity index (χ2v) is 5.15. The molecule has 6 heteroatoms. The Kier molecular flexibility index (Phi) is 6.06. The van der Waals surface area contributed by atoms with E-state index in [0.717, 1.165) is 31.5 Å². The van der Waals surface area contributed by atoms with E-state index in [1.165, 1.54) is 12.6 Å². The molecular formula is C16H23N3O3. The van der Waals surface area contributed by atoms with Crippen LogP contribution in [0.1, 0.15) is 31.7 Å². The molecule has 0 unspecified atom stereocenters. The maximum absolute atomic E-state index is 12.1. The first-order valence-electron chi connectivity index (χ1n) is 7.65. The molecule has 6 nitrogen and oxygen atoms in total. The molecule has 1 fully saturated rings. The molecule has 1 aromatic rings. The summed E-state index contributed by atoms with van der Waals surface area (Å²) in [5.41, 5.74) is 0.820. The molecule has 22 heavy (non-hydrogen) atoms. The molecule has 1 aliphatic heterocycles. The maximum atomic E-state index is 12.1. The fourth-order valence-electron chi connectivity index (χ4n) is 2.45. The number of carbonyl (C=O) groups is 1. The Labute approximate surface area is 130 Å². The monoisotopic (exact) mass is 305 g/mol. The third kappa shape index (κ3) is 4.38. The van der Waals surface area contributed by atoms with Crippen molar-refractivity contribution in [1.82, 2.24) is 4.90 Å². The van der Waals surface area contributed by atoms with E-state index in [1.807, 2.05) is 17.9 Å². The lowest BCUT2D eigenvalue weighted by molar-refractivity contribution is -0.134. The van der Waals surface area contributed by atoms with Gasteiger partial charge in [-0.3, -0.25) is 4.79 Å². The highest BCUT2D eigenvalue weighted by Crippen LogP contribution is 2.28. The number of ether oxygens (including phenoxy) is 2. The van der Waals surface area contributed by atoms with E-state index in [2.05, 4.69) is 5.10 Å². The lowest BCUT2D eigenvalue weighted by atomic mass is 10.1. The largest absolute Gasteiger partial charge is 0.490 e. The van der Waals surface area contributed by atoms with E-state index in [-0.39, 0.29) is 12.5 Å². The van der Waals surface area contributed by atoms with Crippen LogP contribution in [0.15, 0.2) is 23.3 Å². The summed E-state index contributed by atoms with van der Waals surface area (Å²) in [6.45, 7) is 4.09. The third-order valence-electron chi connectivity index (χ3n) is 3.55. The van der Waals surface area contributed by atoms with Crippen LogP contribution >= 0.6 is 0 Å². The van der Waals surface area contributed by atoms with Crippen molar-refractivity contribution >= 4 is 12.1 Å². The second-order valence-electron chi connectivity index (χ2n) is 5.15. The zero-order valence-electron chi connectivity index (χ0n) is 13.0. The van der Waals surface area contributed by atoms with E-state index in [9.17, 15) is 4.79 Å². The molecule has 0 saturated carbocycles. The average molecular weight is 305 g/mol. The summed E-state index contributed by atoms with van der Waals surface area (Å²) in [7, 11) is 0.